The minimum absolute atomic E-state index is 0.177. The summed E-state index contributed by atoms with van der Waals surface area (Å²) in [4.78, 5) is 10.9. The van der Waals surface area contributed by atoms with Gasteiger partial charge in [-0.15, -0.1) is 0 Å². The average molecular weight is 294 g/mol. The molecule has 5 nitrogen and oxygen atoms in total. The Morgan fingerprint density at radius 3 is 2.59 bits per heavy atom. The van der Waals surface area contributed by atoms with Crippen LogP contribution >= 0.6 is 0 Å². The Hall–Kier alpha value is -3.08. The van der Waals surface area contributed by atoms with Crippen LogP contribution in [0.5, 0.6) is 11.5 Å². The molecule has 0 saturated carbocycles. The average Bonchev–Trinajstić information content (AvgIpc) is 2.97. The number of carboxylic acid groups (broad SMARTS) is 1. The van der Waals surface area contributed by atoms with E-state index in [9.17, 15) is 4.79 Å². The molecule has 1 aromatic heterocycles. The van der Waals surface area contributed by atoms with E-state index in [-0.39, 0.29) is 5.56 Å². The molecule has 0 spiro atoms. The van der Waals surface area contributed by atoms with Crippen LogP contribution in [0.3, 0.4) is 0 Å². The Morgan fingerprint density at radius 2 is 1.86 bits per heavy atom. The number of carboxylic acids is 1. The molecule has 0 radical (unpaired) electrons. The van der Waals surface area contributed by atoms with Crippen molar-refractivity contribution in [2.75, 3.05) is 0 Å². The SMILES string of the molecule is O=C(O)c1cnn(Cc2cccc(Oc3ccccc3)c2)c1. The molecule has 22 heavy (non-hydrogen) atoms. The van der Waals surface area contributed by atoms with Crippen molar-refractivity contribution in [2.24, 2.45) is 0 Å². The maximum absolute atomic E-state index is 10.9. The van der Waals surface area contributed by atoms with Crippen molar-refractivity contribution >= 4 is 5.97 Å². The van der Waals surface area contributed by atoms with E-state index < -0.39 is 5.97 Å². The molecule has 0 atom stereocenters. The Labute approximate surface area is 127 Å². The predicted molar refractivity (Wildman–Crippen MR) is 81.2 cm³/mol. The van der Waals surface area contributed by atoms with Crippen LogP contribution in [-0.4, -0.2) is 20.9 Å². The second kappa shape index (κ2) is 6.13. The standard InChI is InChI=1S/C17H14N2O3/c20-17(21)14-10-18-19(12-14)11-13-5-4-8-16(9-13)22-15-6-2-1-3-7-15/h1-10,12H,11H2,(H,20,21). The second-order valence-electron chi connectivity index (χ2n) is 4.79. The van der Waals surface area contributed by atoms with Crippen molar-refractivity contribution in [1.82, 2.24) is 9.78 Å². The van der Waals surface area contributed by atoms with Crippen molar-refractivity contribution in [3.8, 4) is 11.5 Å². The topological polar surface area (TPSA) is 64.3 Å². The highest BCUT2D eigenvalue weighted by molar-refractivity contribution is 5.86. The first kappa shape index (κ1) is 13.9. The Balaban J connectivity index is 1.74. The lowest BCUT2D eigenvalue weighted by Gasteiger charge is -2.07. The largest absolute Gasteiger partial charge is 0.478 e. The number of para-hydroxylation sites is 1. The summed E-state index contributed by atoms with van der Waals surface area (Å²) in [6, 6.07) is 17.2. The third kappa shape index (κ3) is 3.32. The van der Waals surface area contributed by atoms with E-state index in [1.165, 1.54) is 12.4 Å². The van der Waals surface area contributed by atoms with E-state index in [0.29, 0.717) is 6.54 Å². The number of ether oxygens (including phenoxy) is 1. The molecule has 3 aromatic rings. The third-order valence-electron chi connectivity index (χ3n) is 3.10. The number of nitrogens with zero attached hydrogens (tertiary/aromatic N) is 2. The summed E-state index contributed by atoms with van der Waals surface area (Å²) in [5.74, 6) is 0.522. The number of hydrogen-bond acceptors (Lipinski definition) is 3. The molecule has 110 valence electrons. The summed E-state index contributed by atoms with van der Waals surface area (Å²) in [5.41, 5.74) is 1.16. The normalized spacial score (nSPS) is 10.4. The Morgan fingerprint density at radius 1 is 1.09 bits per heavy atom. The smallest absolute Gasteiger partial charge is 0.338 e. The lowest BCUT2D eigenvalue weighted by atomic mass is 10.2. The van der Waals surface area contributed by atoms with Gasteiger partial charge >= 0.3 is 5.97 Å². The number of benzene rings is 2. The summed E-state index contributed by atoms with van der Waals surface area (Å²) >= 11 is 0. The monoisotopic (exact) mass is 294 g/mol. The molecule has 0 aliphatic carbocycles. The van der Waals surface area contributed by atoms with Gasteiger partial charge in [-0.05, 0) is 29.8 Å². The van der Waals surface area contributed by atoms with Gasteiger partial charge in [-0.25, -0.2) is 4.79 Å². The fourth-order valence-corrected chi connectivity index (χ4v) is 2.08. The maximum Gasteiger partial charge on any atom is 0.338 e. The zero-order valence-corrected chi connectivity index (χ0v) is 11.7. The number of rotatable bonds is 5. The van der Waals surface area contributed by atoms with Gasteiger partial charge in [0.25, 0.3) is 0 Å². The van der Waals surface area contributed by atoms with E-state index in [4.69, 9.17) is 9.84 Å². The summed E-state index contributed by atoms with van der Waals surface area (Å²) in [7, 11) is 0. The maximum atomic E-state index is 10.9. The fraction of sp³-hybridized carbons (Fsp3) is 0.0588. The predicted octanol–water partition coefficient (Wildman–Crippen LogP) is 3.42. The highest BCUT2D eigenvalue weighted by atomic mass is 16.5. The molecule has 0 aliphatic rings. The molecule has 0 aliphatic heterocycles. The van der Waals surface area contributed by atoms with E-state index in [1.807, 2.05) is 54.6 Å². The highest BCUT2D eigenvalue weighted by Gasteiger charge is 2.06. The Bertz CT molecular complexity index is 781. The van der Waals surface area contributed by atoms with Gasteiger partial charge in [0.05, 0.1) is 18.3 Å². The van der Waals surface area contributed by atoms with E-state index >= 15 is 0 Å². The number of aromatic carboxylic acids is 1. The zero-order valence-electron chi connectivity index (χ0n) is 11.7. The van der Waals surface area contributed by atoms with Crippen molar-refractivity contribution < 1.29 is 14.6 Å². The van der Waals surface area contributed by atoms with Gasteiger partial charge in [0.1, 0.15) is 11.5 Å². The quantitative estimate of drug-likeness (QED) is 0.783. The molecular formula is C17H14N2O3. The molecule has 0 bridgehead atoms. The first-order chi connectivity index (χ1) is 10.7. The van der Waals surface area contributed by atoms with Crippen LogP contribution in [0, 0.1) is 0 Å². The van der Waals surface area contributed by atoms with Gasteiger partial charge < -0.3 is 9.84 Å². The van der Waals surface area contributed by atoms with Crippen molar-refractivity contribution in [3.63, 3.8) is 0 Å². The minimum atomic E-state index is -0.979. The Kier molecular flexibility index (Phi) is 3.87. The molecule has 0 saturated heterocycles. The van der Waals surface area contributed by atoms with Gasteiger partial charge in [-0.2, -0.15) is 5.10 Å². The van der Waals surface area contributed by atoms with Crippen LogP contribution in [0.2, 0.25) is 0 Å². The van der Waals surface area contributed by atoms with Crippen LogP contribution in [0.15, 0.2) is 67.0 Å². The van der Waals surface area contributed by atoms with E-state index in [1.54, 1.807) is 4.68 Å². The van der Waals surface area contributed by atoms with Crippen LogP contribution in [-0.2, 0) is 6.54 Å². The second-order valence-corrected chi connectivity index (χ2v) is 4.79. The number of hydrogen-bond donors (Lipinski definition) is 1. The van der Waals surface area contributed by atoms with Gasteiger partial charge in [0.2, 0.25) is 0 Å². The summed E-state index contributed by atoms with van der Waals surface area (Å²) in [6.45, 7) is 0.485. The molecular weight excluding hydrogens is 280 g/mol. The summed E-state index contributed by atoms with van der Waals surface area (Å²) in [6.07, 6.45) is 2.85. The first-order valence-electron chi connectivity index (χ1n) is 6.78. The van der Waals surface area contributed by atoms with Crippen molar-refractivity contribution in [3.05, 3.63) is 78.1 Å². The summed E-state index contributed by atoms with van der Waals surface area (Å²) in [5, 5.41) is 12.9. The van der Waals surface area contributed by atoms with E-state index in [0.717, 1.165) is 17.1 Å². The van der Waals surface area contributed by atoms with Gasteiger partial charge in [-0.1, -0.05) is 30.3 Å². The lowest BCUT2D eigenvalue weighted by molar-refractivity contribution is 0.0697. The highest BCUT2D eigenvalue weighted by Crippen LogP contribution is 2.22. The van der Waals surface area contributed by atoms with Crippen LogP contribution < -0.4 is 4.74 Å². The fourth-order valence-electron chi connectivity index (χ4n) is 2.08. The minimum Gasteiger partial charge on any atom is -0.478 e. The van der Waals surface area contributed by atoms with Crippen molar-refractivity contribution in [2.45, 2.75) is 6.54 Å². The van der Waals surface area contributed by atoms with Crippen molar-refractivity contribution in [1.29, 1.82) is 0 Å². The lowest BCUT2D eigenvalue weighted by Crippen LogP contribution is -2.00. The summed E-state index contributed by atoms with van der Waals surface area (Å²) < 4.78 is 7.36. The third-order valence-corrected chi connectivity index (χ3v) is 3.10. The molecule has 0 amide bonds. The molecule has 3 rings (SSSR count). The van der Waals surface area contributed by atoms with Gasteiger partial charge in [0.15, 0.2) is 0 Å². The number of aromatic nitrogens is 2. The zero-order chi connectivity index (χ0) is 15.4. The first-order valence-corrected chi connectivity index (χ1v) is 6.78. The van der Waals surface area contributed by atoms with Gasteiger partial charge in [0, 0.05) is 6.20 Å². The molecule has 0 fully saturated rings. The van der Waals surface area contributed by atoms with Crippen LogP contribution in [0.1, 0.15) is 15.9 Å². The van der Waals surface area contributed by atoms with Gasteiger partial charge in [-0.3, -0.25) is 4.68 Å². The molecule has 2 aromatic carbocycles. The van der Waals surface area contributed by atoms with E-state index in [2.05, 4.69) is 5.10 Å². The number of carbonyl (C=O) groups is 1. The van der Waals surface area contributed by atoms with Crippen LogP contribution in [0.4, 0.5) is 0 Å². The molecule has 5 heteroatoms. The van der Waals surface area contributed by atoms with Crippen LogP contribution in [0.25, 0.3) is 0 Å². The molecule has 1 heterocycles. The molecule has 1 N–H and O–H groups in total. The molecule has 0 unspecified atom stereocenters.